The lowest BCUT2D eigenvalue weighted by Gasteiger charge is -2.41. The van der Waals surface area contributed by atoms with E-state index in [-0.39, 0.29) is 13.3 Å². The average Bonchev–Trinajstić information content (AvgIpc) is 3.33. The Balaban J connectivity index is 1.45. The van der Waals surface area contributed by atoms with Crippen LogP contribution in [-0.2, 0) is 26.9 Å². The SMILES string of the molecule is C[Si](C)(C)CCOCn1c(OCC2(c3ccc(-c4cccc(C#N)c4)cc3)CCN(S(C)(=O)=O)CC2)nc2cc(Cl)c(Cl)cc21. The van der Waals surface area contributed by atoms with Gasteiger partial charge in [0.2, 0.25) is 10.0 Å². The molecule has 0 saturated carbocycles. The molecule has 1 saturated heterocycles. The van der Waals surface area contributed by atoms with Gasteiger partial charge in [0, 0.05) is 33.2 Å². The molecule has 3 aromatic carbocycles. The molecule has 45 heavy (non-hydrogen) atoms. The molecule has 0 aliphatic carbocycles. The summed E-state index contributed by atoms with van der Waals surface area (Å²) in [5.41, 5.74) is 4.55. The molecule has 0 amide bonds. The van der Waals surface area contributed by atoms with Gasteiger partial charge >= 0.3 is 0 Å². The van der Waals surface area contributed by atoms with Crippen molar-refractivity contribution in [3.05, 3.63) is 81.8 Å². The zero-order valence-electron chi connectivity index (χ0n) is 26.0. The van der Waals surface area contributed by atoms with Gasteiger partial charge in [0.25, 0.3) is 6.01 Å². The molecule has 4 aromatic rings. The lowest BCUT2D eigenvalue weighted by atomic mass is 9.73. The minimum Gasteiger partial charge on any atom is -0.464 e. The van der Waals surface area contributed by atoms with Crippen LogP contribution in [0.25, 0.3) is 22.2 Å². The van der Waals surface area contributed by atoms with Crippen LogP contribution in [0.1, 0.15) is 24.0 Å². The van der Waals surface area contributed by atoms with E-state index in [1.54, 1.807) is 18.2 Å². The fraction of sp³-hybridized carbons (Fsp3) is 0.394. The molecule has 0 atom stereocenters. The minimum atomic E-state index is -3.32. The summed E-state index contributed by atoms with van der Waals surface area (Å²) in [5.74, 6) is 0. The van der Waals surface area contributed by atoms with E-state index < -0.39 is 23.5 Å². The normalized spacial score (nSPS) is 15.7. The third-order valence-corrected chi connectivity index (χ3v) is 12.1. The first kappa shape index (κ1) is 33.5. The number of benzene rings is 3. The minimum absolute atomic E-state index is 0.250. The van der Waals surface area contributed by atoms with E-state index in [4.69, 9.17) is 37.7 Å². The molecule has 2 heterocycles. The van der Waals surface area contributed by atoms with Crippen molar-refractivity contribution in [2.45, 2.75) is 50.7 Å². The van der Waals surface area contributed by atoms with E-state index in [0.717, 1.165) is 28.3 Å². The molecule has 12 heteroatoms. The molecule has 1 aliphatic rings. The highest BCUT2D eigenvalue weighted by Crippen LogP contribution is 2.39. The van der Waals surface area contributed by atoms with Crippen molar-refractivity contribution in [3.8, 4) is 23.2 Å². The van der Waals surface area contributed by atoms with E-state index >= 15 is 0 Å². The molecular weight excluding hydrogens is 647 g/mol. The van der Waals surface area contributed by atoms with Gasteiger partial charge in [-0.1, -0.05) is 79.2 Å². The van der Waals surface area contributed by atoms with Gasteiger partial charge in [-0.3, -0.25) is 4.57 Å². The van der Waals surface area contributed by atoms with E-state index in [2.05, 4.69) is 37.8 Å². The fourth-order valence-corrected chi connectivity index (χ4v) is 7.54. The van der Waals surface area contributed by atoms with Crippen LogP contribution in [0.5, 0.6) is 6.01 Å². The molecular formula is C33H38Cl2N4O4SSi. The van der Waals surface area contributed by atoms with Gasteiger partial charge in [-0.2, -0.15) is 10.2 Å². The summed E-state index contributed by atoms with van der Waals surface area (Å²) in [6.45, 7) is 8.86. The summed E-state index contributed by atoms with van der Waals surface area (Å²) in [6.07, 6.45) is 2.41. The number of imidazole rings is 1. The Bertz CT molecular complexity index is 1820. The van der Waals surface area contributed by atoms with Crippen molar-refractivity contribution < 1.29 is 17.9 Å². The number of halogens is 2. The standard InChI is InChI=1S/C33H38Cl2N4O4SSi/c1-44(40,41)38-14-12-33(13-15-38,27-10-8-25(9-11-27)26-7-5-6-24(18-26)21-36)22-43-32-37-30-19-28(34)29(35)20-31(30)39(32)23-42-16-17-45(2,3)4/h5-11,18-20H,12-17,22-23H2,1-4H3. The zero-order chi connectivity index (χ0) is 32.4. The Hall–Kier alpha value is -2.91. The highest BCUT2D eigenvalue weighted by Gasteiger charge is 2.40. The summed E-state index contributed by atoms with van der Waals surface area (Å²) in [6, 6.07) is 22.9. The summed E-state index contributed by atoms with van der Waals surface area (Å²) < 4.78 is 40.8. The van der Waals surface area contributed by atoms with E-state index in [1.165, 1.54) is 10.6 Å². The average molecular weight is 686 g/mol. The quantitative estimate of drug-likeness (QED) is 0.119. The van der Waals surface area contributed by atoms with Crippen molar-refractivity contribution in [2.75, 3.05) is 32.6 Å². The van der Waals surface area contributed by atoms with E-state index in [1.807, 2.05) is 34.9 Å². The zero-order valence-corrected chi connectivity index (χ0v) is 29.3. The van der Waals surface area contributed by atoms with Crippen molar-refractivity contribution >= 4 is 52.3 Å². The van der Waals surface area contributed by atoms with Crippen molar-refractivity contribution in [1.82, 2.24) is 13.9 Å². The first-order valence-corrected chi connectivity index (χ1v) is 21.2. The molecule has 1 aromatic heterocycles. The monoisotopic (exact) mass is 684 g/mol. The van der Waals surface area contributed by atoms with Crippen LogP contribution >= 0.6 is 23.2 Å². The van der Waals surface area contributed by atoms with Gasteiger partial charge in [-0.25, -0.2) is 12.7 Å². The molecule has 8 nitrogen and oxygen atoms in total. The molecule has 0 spiro atoms. The van der Waals surface area contributed by atoms with Crippen LogP contribution in [0.2, 0.25) is 35.7 Å². The fourth-order valence-electron chi connectivity index (χ4n) is 5.62. The molecule has 238 valence electrons. The van der Waals surface area contributed by atoms with Gasteiger partial charge in [0.1, 0.15) is 13.3 Å². The number of fused-ring (bicyclic) bond motifs is 1. The second kappa shape index (κ2) is 13.4. The Morgan fingerprint density at radius 1 is 1.00 bits per heavy atom. The van der Waals surface area contributed by atoms with Gasteiger partial charge in [-0.05, 0) is 59.8 Å². The second-order valence-electron chi connectivity index (χ2n) is 12.9. The van der Waals surface area contributed by atoms with Crippen LogP contribution in [0.15, 0.2) is 60.7 Å². The van der Waals surface area contributed by atoms with Gasteiger partial charge in [0.15, 0.2) is 0 Å². The summed E-state index contributed by atoms with van der Waals surface area (Å²) >= 11 is 12.7. The number of ether oxygens (including phenoxy) is 2. The van der Waals surface area contributed by atoms with E-state index in [0.29, 0.717) is 59.7 Å². The summed E-state index contributed by atoms with van der Waals surface area (Å²) in [5, 5.41) is 10.2. The first-order chi connectivity index (χ1) is 21.3. The van der Waals surface area contributed by atoms with Crippen molar-refractivity contribution in [2.24, 2.45) is 0 Å². The Kier molecular flexibility index (Phi) is 9.99. The van der Waals surface area contributed by atoms with Gasteiger partial charge in [0.05, 0.1) is 39.0 Å². The van der Waals surface area contributed by atoms with Crippen LogP contribution in [-0.4, -0.2) is 62.9 Å². The number of aromatic nitrogens is 2. The molecule has 0 radical (unpaired) electrons. The lowest BCUT2D eigenvalue weighted by molar-refractivity contribution is 0.0750. The van der Waals surface area contributed by atoms with E-state index in [9.17, 15) is 13.7 Å². The lowest BCUT2D eigenvalue weighted by Crippen LogP contribution is -2.47. The molecule has 0 N–H and O–H groups in total. The highest BCUT2D eigenvalue weighted by atomic mass is 35.5. The molecule has 0 unspecified atom stereocenters. The summed E-state index contributed by atoms with van der Waals surface area (Å²) in [4.78, 5) is 4.77. The topological polar surface area (TPSA) is 97.5 Å². The second-order valence-corrected chi connectivity index (χ2v) is 21.3. The molecule has 1 aliphatic heterocycles. The smallest absolute Gasteiger partial charge is 0.299 e. The molecule has 0 bridgehead atoms. The largest absolute Gasteiger partial charge is 0.464 e. The predicted octanol–water partition coefficient (Wildman–Crippen LogP) is 7.57. The van der Waals surface area contributed by atoms with Crippen molar-refractivity contribution in [3.63, 3.8) is 0 Å². The Labute approximate surface area is 276 Å². The number of nitrogens with zero attached hydrogens (tertiary/aromatic N) is 4. The maximum Gasteiger partial charge on any atom is 0.299 e. The number of nitriles is 1. The number of rotatable bonds is 11. The van der Waals surface area contributed by atoms with Gasteiger partial charge < -0.3 is 9.47 Å². The Morgan fingerprint density at radius 2 is 1.69 bits per heavy atom. The van der Waals surface area contributed by atoms with Crippen LogP contribution in [0.4, 0.5) is 0 Å². The van der Waals surface area contributed by atoms with Crippen LogP contribution in [0, 0.1) is 11.3 Å². The third-order valence-electron chi connectivity index (χ3n) is 8.42. The number of piperidine rings is 1. The van der Waals surface area contributed by atoms with Crippen LogP contribution < -0.4 is 4.74 Å². The third kappa shape index (κ3) is 7.91. The van der Waals surface area contributed by atoms with Crippen LogP contribution in [0.3, 0.4) is 0 Å². The van der Waals surface area contributed by atoms with Gasteiger partial charge in [-0.15, -0.1) is 0 Å². The van der Waals surface area contributed by atoms with Crippen molar-refractivity contribution in [1.29, 1.82) is 5.26 Å². The molecule has 5 rings (SSSR count). The Morgan fingerprint density at radius 3 is 2.33 bits per heavy atom. The highest BCUT2D eigenvalue weighted by molar-refractivity contribution is 7.88. The first-order valence-electron chi connectivity index (χ1n) is 14.9. The maximum atomic E-state index is 12.4. The summed E-state index contributed by atoms with van der Waals surface area (Å²) in [7, 11) is -4.60. The number of hydrogen-bond acceptors (Lipinski definition) is 6. The number of sulfonamides is 1. The maximum absolute atomic E-state index is 12.4. The molecule has 1 fully saturated rings. The number of hydrogen-bond donors (Lipinski definition) is 0. The predicted molar refractivity (Wildman–Crippen MR) is 183 cm³/mol.